The lowest BCUT2D eigenvalue weighted by Gasteiger charge is -2.14. The predicted octanol–water partition coefficient (Wildman–Crippen LogP) is 2.85. The molecule has 0 saturated heterocycles. The molecule has 0 amide bonds. The van der Waals surface area contributed by atoms with Gasteiger partial charge in [-0.1, -0.05) is 31.5 Å². The minimum absolute atomic E-state index is 0.466. The van der Waals surface area contributed by atoms with Gasteiger partial charge in [0, 0.05) is 37.8 Å². The first-order valence-electron chi connectivity index (χ1n) is 7.48. The van der Waals surface area contributed by atoms with E-state index < -0.39 is 0 Å². The van der Waals surface area contributed by atoms with E-state index >= 15 is 0 Å². The van der Waals surface area contributed by atoms with E-state index in [4.69, 9.17) is 4.74 Å². The van der Waals surface area contributed by atoms with Crippen LogP contribution in [-0.4, -0.2) is 22.4 Å². The fourth-order valence-electron chi connectivity index (χ4n) is 2.18. The van der Waals surface area contributed by atoms with Crippen LogP contribution >= 0.6 is 0 Å². The summed E-state index contributed by atoms with van der Waals surface area (Å²) in [5.74, 6) is 0.970. The van der Waals surface area contributed by atoms with Crippen molar-refractivity contribution in [3.8, 4) is 5.75 Å². The highest BCUT2D eigenvalue weighted by Crippen LogP contribution is 2.20. The molecule has 1 N–H and O–H groups in total. The topological polar surface area (TPSA) is 39.1 Å². The molecule has 0 fully saturated rings. The average Bonchev–Trinajstić information content (AvgIpc) is 2.84. The van der Waals surface area contributed by atoms with Crippen LogP contribution in [0.4, 0.5) is 0 Å². The summed E-state index contributed by atoms with van der Waals surface area (Å²) < 4.78 is 7.78. The summed E-state index contributed by atoms with van der Waals surface area (Å²) >= 11 is 0. The van der Waals surface area contributed by atoms with Gasteiger partial charge in [-0.25, -0.2) is 0 Å². The molecule has 0 atom stereocenters. The molecule has 1 aromatic carbocycles. The second-order valence-corrected chi connectivity index (χ2v) is 5.77. The first-order valence-corrected chi connectivity index (χ1v) is 7.48. The predicted molar refractivity (Wildman–Crippen MR) is 85.6 cm³/mol. The van der Waals surface area contributed by atoms with Crippen molar-refractivity contribution in [1.82, 2.24) is 15.1 Å². The van der Waals surface area contributed by atoms with Gasteiger partial charge in [0.1, 0.15) is 5.75 Å². The molecule has 2 aromatic rings. The zero-order valence-corrected chi connectivity index (χ0v) is 13.4. The van der Waals surface area contributed by atoms with E-state index in [0.717, 1.165) is 18.7 Å². The summed E-state index contributed by atoms with van der Waals surface area (Å²) in [4.78, 5) is 0. The lowest BCUT2D eigenvalue weighted by atomic mass is 10.1. The van der Waals surface area contributed by atoms with Crippen molar-refractivity contribution < 1.29 is 4.74 Å². The molecule has 114 valence electrons. The first kappa shape index (κ1) is 15.6. The van der Waals surface area contributed by atoms with Gasteiger partial charge in [-0.3, -0.25) is 4.68 Å². The van der Waals surface area contributed by atoms with Crippen molar-refractivity contribution in [2.24, 2.45) is 7.05 Å². The van der Waals surface area contributed by atoms with E-state index in [1.165, 1.54) is 16.7 Å². The van der Waals surface area contributed by atoms with Gasteiger partial charge in [0.15, 0.2) is 0 Å². The Morgan fingerprint density at radius 2 is 2.14 bits per heavy atom. The van der Waals surface area contributed by atoms with Gasteiger partial charge in [0.25, 0.3) is 0 Å². The molecule has 2 rings (SSSR count). The number of aryl methyl sites for hydroxylation is 2. The van der Waals surface area contributed by atoms with Gasteiger partial charge in [0.05, 0.1) is 12.8 Å². The van der Waals surface area contributed by atoms with E-state index in [1.54, 1.807) is 0 Å². The summed E-state index contributed by atoms with van der Waals surface area (Å²) in [6.45, 7) is 7.92. The highest BCUT2D eigenvalue weighted by Gasteiger charge is 2.06. The van der Waals surface area contributed by atoms with Crippen molar-refractivity contribution >= 4 is 0 Å². The molecule has 1 heterocycles. The normalized spacial score (nSPS) is 11.1. The molecule has 0 aliphatic carbocycles. The van der Waals surface area contributed by atoms with Crippen molar-refractivity contribution in [2.45, 2.75) is 39.8 Å². The lowest BCUT2D eigenvalue weighted by Crippen LogP contribution is -2.22. The van der Waals surface area contributed by atoms with Crippen LogP contribution in [0.5, 0.6) is 5.75 Å². The number of nitrogens with zero attached hydrogens (tertiary/aromatic N) is 2. The van der Waals surface area contributed by atoms with Gasteiger partial charge >= 0.3 is 0 Å². The molecule has 0 saturated carbocycles. The van der Waals surface area contributed by atoms with Crippen LogP contribution in [0.2, 0.25) is 0 Å². The highest BCUT2D eigenvalue weighted by atomic mass is 16.5. The number of aromatic nitrogens is 2. The van der Waals surface area contributed by atoms with Gasteiger partial charge < -0.3 is 10.1 Å². The molecule has 4 nitrogen and oxygen atoms in total. The third-order valence-corrected chi connectivity index (χ3v) is 3.32. The van der Waals surface area contributed by atoms with E-state index in [9.17, 15) is 0 Å². The van der Waals surface area contributed by atoms with Crippen molar-refractivity contribution in [3.05, 3.63) is 47.3 Å². The van der Waals surface area contributed by atoms with Crippen LogP contribution in [0.3, 0.4) is 0 Å². The van der Waals surface area contributed by atoms with Crippen molar-refractivity contribution in [1.29, 1.82) is 0 Å². The molecular formula is C17H25N3O. The second kappa shape index (κ2) is 7.27. The van der Waals surface area contributed by atoms with E-state index in [0.29, 0.717) is 12.6 Å². The molecule has 0 aliphatic rings. The third-order valence-electron chi connectivity index (χ3n) is 3.32. The minimum Gasteiger partial charge on any atom is -0.493 e. The zero-order chi connectivity index (χ0) is 15.2. The molecule has 21 heavy (non-hydrogen) atoms. The Labute approximate surface area is 127 Å². The Kier molecular flexibility index (Phi) is 5.39. The number of benzene rings is 1. The van der Waals surface area contributed by atoms with E-state index in [-0.39, 0.29) is 0 Å². The third kappa shape index (κ3) is 4.90. The van der Waals surface area contributed by atoms with E-state index in [1.807, 2.05) is 24.1 Å². The zero-order valence-electron chi connectivity index (χ0n) is 13.4. The maximum absolute atomic E-state index is 5.96. The SMILES string of the molecule is Cc1ccc(OCCc2cnn(C)c2)c(CNC(C)C)c1. The molecule has 0 spiro atoms. The number of nitrogens with one attached hydrogen (secondary N) is 1. The molecule has 0 unspecified atom stereocenters. The maximum atomic E-state index is 5.96. The quantitative estimate of drug-likeness (QED) is 0.851. The standard InChI is InChI=1S/C17H25N3O/c1-13(2)18-11-16-9-14(3)5-6-17(16)21-8-7-15-10-19-20(4)12-15/h5-6,9-10,12-13,18H,7-8,11H2,1-4H3. The van der Waals surface area contributed by atoms with Gasteiger partial charge in [-0.2, -0.15) is 5.10 Å². The largest absolute Gasteiger partial charge is 0.493 e. The Morgan fingerprint density at radius 3 is 2.81 bits per heavy atom. The van der Waals surface area contributed by atoms with Crippen molar-refractivity contribution in [2.75, 3.05) is 6.61 Å². The van der Waals surface area contributed by atoms with Gasteiger partial charge in [-0.15, -0.1) is 0 Å². The summed E-state index contributed by atoms with van der Waals surface area (Å²) in [5.41, 5.74) is 3.68. The fourth-order valence-corrected chi connectivity index (χ4v) is 2.18. The molecule has 0 radical (unpaired) electrons. The van der Waals surface area contributed by atoms with Crippen LogP contribution in [0.15, 0.2) is 30.6 Å². The maximum Gasteiger partial charge on any atom is 0.123 e. The second-order valence-electron chi connectivity index (χ2n) is 5.77. The fraction of sp³-hybridized carbons (Fsp3) is 0.471. The number of ether oxygens (including phenoxy) is 1. The van der Waals surface area contributed by atoms with Crippen LogP contribution in [0.1, 0.15) is 30.5 Å². The first-order chi connectivity index (χ1) is 10.0. The number of hydrogen-bond acceptors (Lipinski definition) is 3. The summed E-state index contributed by atoms with van der Waals surface area (Å²) in [7, 11) is 1.93. The van der Waals surface area contributed by atoms with Gasteiger partial charge in [-0.05, 0) is 18.6 Å². The Hall–Kier alpha value is -1.81. The average molecular weight is 287 g/mol. The number of rotatable bonds is 7. The van der Waals surface area contributed by atoms with Crippen LogP contribution in [0.25, 0.3) is 0 Å². The molecular weight excluding hydrogens is 262 g/mol. The highest BCUT2D eigenvalue weighted by molar-refractivity contribution is 5.37. The molecule has 0 bridgehead atoms. The van der Waals surface area contributed by atoms with Crippen LogP contribution in [-0.2, 0) is 20.0 Å². The van der Waals surface area contributed by atoms with Crippen LogP contribution < -0.4 is 10.1 Å². The lowest BCUT2D eigenvalue weighted by molar-refractivity contribution is 0.317. The van der Waals surface area contributed by atoms with E-state index in [2.05, 4.69) is 49.4 Å². The smallest absolute Gasteiger partial charge is 0.123 e. The van der Waals surface area contributed by atoms with Crippen LogP contribution in [0, 0.1) is 6.92 Å². The summed E-state index contributed by atoms with van der Waals surface area (Å²) in [6.07, 6.45) is 4.79. The summed E-state index contributed by atoms with van der Waals surface area (Å²) in [6, 6.07) is 6.82. The minimum atomic E-state index is 0.466. The monoisotopic (exact) mass is 287 g/mol. The number of hydrogen-bond donors (Lipinski definition) is 1. The molecule has 4 heteroatoms. The summed E-state index contributed by atoms with van der Waals surface area (Å²) in [5, 5.41) is 7.62. The van der Waals surface area contributed by atoms with Crippen molar-refractivity contribution in [3.63, 3.8) is 0 Å². The molecule has 1 aromatic heterocycles. The Balaban J connectivity index is 1.94. The molecule has 0 aliphatic heterocycles. The van der Waals surface area contributed by atoms with Gasteiger partial charge in [0.2, 0.25) is 0 Å². The Bertz CT molecular complexity index is 575. The Morgan fingerprint density at radius 1 is 1.33 bits per heavy atom.